The molecule has 0 aliphatic rings. The summed E-state index contributed by atoms with van der Waals surface area (Å²) in [6, 6.07) is 2.01. The van der Waals surface area contributed by atoms with E-state index in [1.807, 2.05) is 12.3 Å². The van der Waals surface area contributed by atoms with E-state index < -0.39 is 0 Å². The highest BCUT2D eigenvalue weighted by Crippen LogP contribution is 2.25. The van der Waals surface area contributed by atoms with Crippen molar-refractivity contribution in [2.45, 2.75) is 6.92 Å². The Labute approximate surface area is 100 Å². The molecule has 3 nitrogen and oxygen atoms in total. The van der Waals surface area contributed by atoms with E-state index >= 15 is 0 Å². The van der Waals surface area contributed by atoms with Gasteiger partial charge in [0.05, 0.1) is 4.47 Å². The van der Waals surface area contributed by atoms with Gasteiger partial charge in [0.2, 0.25) is 0 Å². The molecule has 0 radical (unpaired) electrons. The van der Waals surface area contributed by atoms with Crippen LogP contribution >= 0.6 is 15.9 Å². The Morgan fingerprint density at radius 3 is 2.53 bits per heavy atom. The fourth-order valence-electron chi connectivity index (χ4n) is 1.25. The Balaban J connectivity index is 2.73. The van der Waals surface area contributed by atoms with Gasteiger partial charge in [-0.05, 0) is 48.6 Å². The minimum atomic E-state index is 0.974. The second-order valence-corrected chi connectivity index (χ2v) is 4.78. The van der Waals surface area contributed by atoms with E-state index in [9.17, 15) is 0 Å². The molecule has 0 N–H and O–H groups in total. The largest absolute Gasteiger partial charge is 0.357 e. The lowest BCUT2D eigenvalue weighted by molar-refractivity contribution is 0.416. The molecule has 0 atom stereocenters. The number of hydrogen-bond acceptors (Lipinski definition) is 3. The number of hydrogen-bond donors (Lipinski definition) is 0. The van der Waals surface area contributed by atoms with E-state index in [0.717, 1.165) is 23.4 Å². The Morgan fingerprint density at radius 2 is 1.93 bits per heavy atom. The van der Waals surface area contributed by atoms with Crippen LogP contribution in [0.15, 0.2) is 16.7 Å². The van der Waals surface area contributed by atoms with Crippen molar-refractivity contribution < 1.29 is 0 Å². The number of halogens is 1. The molecule has 0 bridgehead atoms. The Morgan fingerprint density at radius 1 is 1.27 bits per heavy atom. The molecule has 0 aromatic carbocycles. The van der Waals surface area contributed by atoms with Crippen molar-refractivity contribution >= 4 is 21.7 Å². The summed E-state index contributed by atoms with van der Waals surface area (Å²) < 4.78 is 1.09. The van der Waals surface area contributed by atoms with Gasteiger partial charge >= 0.3 is 0 Å². The predicted molar refractivity (Wildman–Crippen MR) is 68.5 cm³/mol. The molecule has 0 unspecified atom stereocenters. The summed E-state index contributed by atoms with van der Waals surface area (Å²) in [5, 5.41) is 0. The van der Waals surface area contributed by atoms with Crippen LogP contribution in [-0.4, -0.2) is 44.1 Å². The van der Waals surface area contributed by atoms with Gasteiger partial charge in [0.1, 0.15) is 5.82 Å². The average molecular weight is 272 g/mol. The van der Waals surface area contributed by atoms with E-state index in [2.05, 4.69) is 58.8 Å². The minimum absolute atomic E-state index is 0.974. The first kappa shape index (κ1) is 12.5. The summed E-state index contributed by atoms with van der Waals surface area (Å²) in [7, 11) is 6.22. The van der Waals surface area contributed by atoms with Crippen molar-refractivity contribution in [3.05, 3.63) is 22.3 Å². The van der Waals surface area contributed by atoms with Gasteiger partial charge in [-0.25, -0.2) is 4.98 Å². The lowest BCUT2D eigenvalue weighted by atomic mass is 10.3. The summed E-state index contributed by atoms with van der Waals surface area (Å²) in [6.07, 6.45) is 1.85. The highest BCUT2D eigenvalue weighted by Gasteiger charge is 2.08. The molecular weight excluding hydrogens is 254 g/mol. The van der Waals surface area contributed by atoms with Gasteiger partial charge in [0.25, 0.3) is 0 Å². The summed E-state index contributed by atoms with van der Waals surface area (Å²) >= 11 is 3.57. The molecule has 0 saturated heterocycles. The first-order chi connectivity index (χ1) is 7.02. The summed E-state index contributed by atoms with van der Waals surface area (Å²) in [5.74, 6) is 1.01. The second-order valence-electron chi connectivity index (χ2n) is 3.99. The lowest BCUT2D eigenvalue weighted by Crippen LogP contribution is -2.29. The summed E-state index contributed by atoms with van der Waals surface area (Å²) in [6.45, 7) is 4.08. The van der Waals surface area contributed by atoms with Crippen molar-refractivity contribution in [2.24, 2.45) is 0 Å². The molecule has 0 saturated carbocycles. The average Bonchev–Trinajstić information content (AvgIpc) is 2.18. The monoisotopic (exact) mass is 271 g/mol. The quantitative estimate of drug-likeness (QED) is 0.837. The standard InChI is InChI=1S/C11H18BrN3/c1-9-5-6-13-11(10(9)12)15(4)8-7-14(2)3/h5-6H,7-8H2,1-4H3. The van der Waals surface area contributed by atoms with Crippen LogP contribution in [0.5, 0.6) is 0 Å². The van der Waals surface area contributed by atoms with Crippen LogP contribution in [0.4, 0.5) is 5.82 Å². The van der Waals surface area contributed by atoms with Crippen LogP contribution in [0.2, 0.25) is 0 Å². The predicted octanol–water partition coefficient (Wildman–Crippen LogP) is 2.15. The van der Waals surface area contributed by atoms with Crippen LogP contribution in [-0.2, 0) is 0 Å². The number of anilines is 1. The summed E-state index contributed by atoms with van der Waals surface area (Å²) in [5.41, 5.74) is 1.22. The van der Waals surface area contributed by atoms with Gasteiger partial charge in [-0.15, -0.1) is 0 Å². The van der Waals surface area contributed by atoms with Crippen molar-refractivity contribution in [3.8, 4) is 0 Å². The molecular formula is C11H18BrN3. The molecule has 84 valence electrons. The van der Waals surface area contributed by atoms with Gasteiger partial charge < -0.3 is 9.80 Å². The molecule has 1 aromatic heterocycles. The molecule has 4 heteroatoms. The maximum Gasteiger partial charge on any atom is 0.142 e. The molecule has 15 heavy (non-hydrogen) atoms. The topological polar surface area (TPSA) is 19.4 Å². The molecule has 0 amide bonds. The lowest BCUT2D eigenvalue weighted by Gasteiger charge is -2.22. The van der Waals surface area contributed by atoms with Crippen LogP contribution < -0.4 is 4.90 Å². The third-order valence-corrected chi connectivity index (χ3v) is 3.29. The van der Waals surface area contributed by atoms with Crippen molar-refractivity contribution in [3.63, 3.8) is 0 Å². The van der Waals surface area contributed by atoms with E-state index in [4.69, 9.17) is 0 Å². The van der Waals surface area contributed by atoms with Crippen molar-refractivity contribution in [1.82, 2.24) is 9.88 Å². The van der Waals surface area contributed by atoms with Gasteiger partial charge in [-0.1, -0.05) is 0 Å². The van der Waals surface area contributed by atoms with E-state index in [0.29, 0.717) is 0 Å². The Kier molecular flexibility index (Phi) is 4.54. The highest BCUT2D eigenvalue weighted by molar-refractivity contribution is 9.10. The molecule has 1 rings (SSSR count). The van der Waals surface area contributed by atoms with Crippen LogP contribution in [0, 0.1) is 6.92 Å². The van der Waals surface area contributed by atoms with Crippen LogP contribution in [0.1, 0.15) is 5.56 Å². The first-order valence-electron chi connectivity index (χ1n) is 4.99. The molecule has 0 spiro atoms. The highest BCUT2D eigenvalue weighted by atomic mass is 79.9. The zero-order valence-corrected chi connectivity index (χ0v) is 11.4. The normalized spacial score (nSPS) is 10.8. The zero-order valence-electron chi connectivity index (χ0n) is 9.79. The van der Waals surface area contributed by atoms with E-state index in [-0.39, 0.29) is 0 Å². The number of pyridine rings is 1. The van der Waals surface area contributed by atoms with Crippen molar-refractivity contribution in [1.29, 1.82) is 0 Å². The van der Waals surface area contributed by atoms with Gasteiger partial charge in [0.15, 0.2) is 0 Å². The van der Waals surface area contributed by atoms with E-state index in [1.54, 1.807) is 0 Å². The second kappa shape index (κ2) is 5.47. The van der Waals surface area contributed by atoms with Crippen molar-refractivity contribution in [2.75, 3.05) is 39.1 Å². The molecule has 1 heterocycles. The van der Waals surface area contributed by atoms with Crippen LogP contribution in [0.25, 0.3) is 0 Å². The number of nitrogens with zero attached hydrogens (tertiary/aromatic N) is 3. The minimum Gasteiger partial charge on any atom is -0.357 e. The third kappa shape index (κ3) is 3.47. The van der Waals surface area contributed by atoms with E-state index in [1.165, 1.54) is 5.56 Å². The molecule has 0 aliphatic heterocycles. The first-order valence-corrected chi connectivity index (χ1v) is 5.78. The third-order valence-electron chi connectivity index (χ3n) is 2.31. The Hall–Kier alpha value is -0.610. The van der Waals surface area contributed by atoms with Gasteiger partial charge in [0, 0.05) is 26.3 Å². The fourth-order valence-corrected chi connectivity index (χ4v) is 1.79. The fraction of sp³-hybridized carbons (Fsp3) is 0.545. The maximum absolute atomic E-state index is 4.38. The number of likely N-dealkylation sites (N-methyl/N-ethyl adjacent to an activating group) is 2. The molecule has 1 aromatic rings. The maximum atomic E-state index is 4.38. The van der Waals surface area contributed by atoms with Crippen LogP contribution in [0.3, 0.4) is 0 Å². The smallest absolute Gasteiger partial charge is 0.142 e. The molecule has 0 fully saturated rings. The summed E-state index contributed by atoms with van der Waals surface area (Å²) in [4.78, 5) is 8.71. The number of aryl methyl sites for hydroxylation is 1. The SMILES string of the molecule is Cc1ccnc(N(C)CCN(C)C)c1Br. The Bertz CT molecular complexity index is 326. The molecule has 0 aliphatic carbocycles. The van der Waals surface area contributed by atoms with Gasteiger partial charge in [-0.3, -0.25) is 0 Å². The zero-order chi connectivity index (χ0) is 11.4. The number of rotatable bonds is 4. The van der Waals surface area contributed by atoms with Gasteiger partial charge in [-0.2, -0.15) is 0 Å². The number of aromatic nitrogens is 1.